The van der Waals surface area contributed by atoms with Gasteiger partial charge in [0.1, 0.15) is 5.75 Å². The highest BCUT2D eigenvalue weighted by atomic mass is 32.2. The molecule has 7 nitrogen and oxygen atoms in total. The van der Waals surface area contributed by atoms with E-state index in [4.69, 9.17) is 9.26 Å². The van der Waals surface area contributed by atoms with Crippen LogP contribution in [-0.4, -0.2) is 28.1 Å². The number of carbonyl (C=O) groups excluding carboxylic acids is 1. The zero-order chi connectivity index (χ0) is 20.1. The second kappa shape index (κ2) is 8.88. The van der Waals surface area contributed by atoms with E-state index in [0.717, 1.165) is 27.5 Å². The first-order chi connectivity index (χ1) is 13.5. The molecule has 3 rings (SSSR count). The first-order valence-electron chi connectivity index (χ1n) is 8.78. The molecule has 146 valence electrons. The third kappa shape index (κ3) is 4.51. The standard InChI is InChI=1S/C20H22N4O3S/c1-12-9-21-16(13(2)19(12)26-4)10-22-20(25)15-7-5-6-8-17(15)28-11-18-23-14(3)24-27-18/h5-9H,10-11H2,1-4H3,(H,22,25). The van der Waals surface area contributed by atoms with Crippen LogP contribution in [0.3, 0.4) is 0 Å². The molecular weight excluding hydrogens is 376 g/mol. The lowest BCUT2D eigenvalue weighted by Crippen LogP contribution is -2.24. The summed E-state index contributed by atoms with van der Waals surface area (Å²) in [6.45, 7) is 5.98. The highest BCUT2D eigenvalue weighted by molar-refractivity contribution is 7.98. The van der Waals surface area contributed by atoms with Gasteiger partial charge in [-0.15, -0.1) is 11.8 Å². The van der Waals surface area contributed by atoms with E-state index in [-0.39, 0.29) is 5.91 Å². The second-order valence-corrected chi connectivity index (χ2v) is 7.27. The van der Waals surface area contributed by atoms with E-state index in [1.807, 2.05) is 32.0 Å². The number of hydrogen-bond acceptors (Lipinski definition) is 7. The molecule has 2 aromatic heterocycles. The van der Waals surface area contributed by atoms with Crippen molar-refractivity contribution in [2.45, 2.75) is 38.0 Å². The number of hydrogen-bond donors (Lipinski definition) is 1. The molecule has 0 saturated carbocycles. The Bertz CT molecular complexity index is 987. The smallest absolute Gasteiger partial charge is 0.252 e. The number of amides is 1. The van der Waals surface area contributed by atoms with Gasteiger partial charge in [-0.05, 0) is 32.9 Å². The Kier molecular flexibility index (Phi) is 6.30. The average Bonchev–Trinajstić information content (AvgIpc) is 3.11. The fraction of sp³-hybridized carbons (Fsp3) is 0.300. The first-order valence-corrected chi connectivity index (χ1v) is 9.76. The Morgan fingerprint density at radius 1 is 1.25 bits per heavy atom. The third-order valence-corrected chi connectivity index (χ3v) is 5.28. The molecule has 0 fully saturated rings. The summed E-state index contributed by atoms with van der Waals surface area (Å²) < 4.78 is 10.6. The number of aryl methyl sites for hydroxylation is 2. The highest BCUT2D eigenvalue weighted by Gasteiger charge is 2.15. The zero-order valence-corrected chi connectivity index (χ0v) is 17.1. The van der Waals surface area contributed by atoms with Crippen molar-refractivity contribution < 1.29 is 14.1 Å². The van der Waals surface area contributed by atoms with Gasteiger partial charge >= 0.3 is 0 Å². The predicted octanol–water partition coefficient (Wildman–Crippen LogP) is 3.62. The van der Waals surface area contributed by atoms with E-state index in [9.17, 15) is 4.79 Å². The topological polar surface area (TPSA) is 90.1 Å². The van der Waals surface area contributed by atoms with E-state index in [2.05, 4.69) is 20.4 Å². The van der Waals surface area contributed by atoms with Crippen LogP contribution in [0.4, 0.5) is 0 Å². The number of thioether (sulfide) groups is 1. The van der Waals surface area contributed by atoms with Gasteiger partial charge in [-0.2, -0.15) is 4.98 Å². The molecule has 0 unspecified atom stereocenters. The summed E-state index contributed by atoms with van der Waals surface area (Å²) in [5, 5.41) is 6.73. The third-order valence-electron chi connectivity index (χ3n) is 4.22. The van der Waals surface area contributed by atoms with Gasteiger partial charge in [0, 0.05) is 22.2 Å². The molecule has 1 N–H and O–H groups in total. The van der Waals surface area contributed by atoms with Crippen molar-refractivity contribution in [3.8, 4) is 5.75 Å². The zero-order valence-electron chi connectivity index (χ0n) is 16.3. The average molecular weight is 398 g/mol. The van der Waals surface area contributed by atoms with Gasteiger partial charge in [-0.3, -0.25) is 9.78 Å². The van der Waals surface area contributed by atoms with Crippen molar-refractivity contribution in [3.63, 3.8) is 0 Å². The molecular formula is C20H22N4O3S. The number of nitrogens with zero attached hydrogens (tertiary/aromatic N) is 3. The maximum Gasteiger partial charge on any atom is 0.252 e. The van der Waals surface area contributed by atoms with Gasteiger partial charge in [0.05, 0.1) is 30.7 Å². The monoisotopic (exact) mass is 398 g/mol. The van der Waals surface area contributed by atoms with Gasteiger partial charge in [0.2, 0.25) is 5.89 Å². The van der Waals surface area contributed by atoms with Crippen LogP contribution in [0.15, 0.2) is 39.9 Å². The summed E-state index contributed by atoms with van der Waals surface area (Å²) in [4.78, 5) is 22.2. The Morgan fingerprint density at radius 3 is 2.75 bits per heavy atom. The molecule has 0 atom stereocenters. The van der Waals surface area contributed by atoms with Crippen LogP contribution in [0.5, 0.6) is 5.75 Å². The van der Waals surface area contributed by atoms with Gasteiger partial charge in [-0.1, -0.05) is 17.3 Å². The van der Waals surface area contributed by atoms with Crippen molar-refractivity contribution >= 4 is 17.7 Å². The van der Waals surface area contributed by atoms with Crippen LogP contribution < -0.4 is 10.1 Å². The fourth-order valence-electron chi connectivity index (χ4n) is 2.83. The van der Waals surface area contributed by atoms with Crippen LogP contribution in [0, 0.1) is 20.8 Å². The lowest BCUT2D eigenvalue weighted by molar-refractivity contribution is 0.0947. The van der Waals surface area contributed by atoms with Gasteiger partial charge < -0.3 is 14.6 Å². The molecule has 0 spiro atoms. The molecule has 1 aromatic carbocycles. The van der Waals surface area contributed by atoms with Crippen molar-refractivity contribution in [1.29, 1.82) is 0 Å². The number of nitrogens with one attached hydrogen (secondary N) is 1. The molecule has 2 heterocycles. The van der Waals surface area contributed by atoms with Gasteiger partial charge in [0.15, 0.2) is 5.82 Å². The molecule has 0 aliphatic rings. The van der Waals surface area contributed by atoms with Crippen molar-refractivity contribution in [2.75, 3.05) is 7.11 Å². The molecule has 3 aromatic rings. The number of methoxy groups -OCH3 is 1. The summed E-state index contributed by atoms with van der Waals surface area (Å²) in [5.74, 6) is 2.26. The van der Waals surface area contributed by atoms with E-state index in [1.54, 1.807) is 26.3 Å². The molecule has 0 saturated heterocycles. The molecule has 0 aliphatic heterocycles. The molecule has 28 heavy (non-hydrogen) atoms. The first kappa shape index (κ1) is 19.9. The predicted molar refractivity (Wildman–Crippen MR) is 106 cm³/mol. The summed E-state index contributed by atoms with van der Waals surface area (Å²) in [6.07, 6.45) is 1.75. The van der Waals surface area contributed by atoms with E-state index < -0.39 is 0 Å². The van der Waals surface area contributed by atoms with E-state index >= 15 is 0 Å². The second-order valence-electron chi connectivity index (χ2n) is 6.25. The van der Waals surface area contributed by atoms with E-state index in [0.29, 0.717) is 29.6 Å². The SMILES string of the molecule is COc1c(C)cnc(CNC(=O)c2ccccc2SCc2nc(C)no2)c1C. The maximum absolute atomic E-state index is 12.8. The Labute approximate surface area is 167 Å². The number of benzene rings is 1. The summed E-state index contributed by atoms with van der Waals surface area (Å²) in [7, 11) is 1.63. The van der Waals surface area contributed by atoms with Crippen molar-refractivity contribution in [3.05, 3.63) is 64.6 Å². The fourth-order valence-corrected chi connectivity index (χ4v) is 3.71. The minimum absolute atomic E-state index is 0.162. The largest absolute Gasteiger partial charge is 0.496 e. The van der Waals surface area contributed by atoms with Crippen LogP contribution >= 0.6 is 11.8 Å². The van der Waals surface area contributed by atoms with Crippen molar-refractivity contribution in [2.24, 2.45) is 0 Å². The number of aromatic nitrogens is 3. The van der Waals surface area contributed by atoms with Gasteiger partial charge in [-0.25, -0.2) is 0 Å². The minimum Gasteiger partial charge on any atom is -0.496 e. The molecule has 0 radical (unpaired) electrons. The lowest BCUT2D eigenvalue weighted by Gasteiger charge is -2.13. The Balaban J connectivity index is 1.69. The van der Waals surface area contributed by atoms with Gasteiger partial charge in [0.25, 0.3) is 5.91 Å². The van der Waals surface area contributed by atoms with Crippen LogP contribution in [-0.2, 0) is 12.3 Å². The Morgan fingerprint density at radius 2 is 2.04 bits per heavy atom. The summed E-state index contributed by atoms with van der Waals surface area (Å²) >= 11 is 1.48. The molecule has 1 amide bonds. The quantitative estimate of drug-likeness (QED) is 0.608. The van der Waals surface area contributed by atoms with E-state index in [1.165, 1.54) is 11.8 Å². The maximum atomic E-state index is 12.8. The van der Waals surface area contributed by atoms with Crippen molar-refractivity contribution in [1.82, 2.24) is 20.4 Å². The number of rotatable bonds is 7. The normalized spacial score (nSPS) is 10.7. The number of ether oxygens (including phenoxy) is 1. The lowest BCUT2D eigenvalue weighted by atomic mass is 10.1. The summed E-state index contributed by atoms with van der Waals surface area (Å²) in [6, 6.07) is 7.44. The number of pyridine rings is 1. The highest BCUT2D eigenvalue weighted by Crippen LogP contribution is 2.26. The molecule has 0 aliphatic carbocycles. The molecule has 0 bridgehead atoms. The minimum atomic E-state index is -0.162. The Hall–Kier alpha value is -2.87. The van der Waals surface area contributed by atoms with Crippen LogP contribution in [0.2, 0.25) is 0 Å². The van der Waals surface area contributed by atoms with Crippen LogP contribution in [0.1, 0.15) is 38.9 Å². The number of carbonyl (C=O) groups is 1. The van der Waals surface area contributed by atoms with Crippen LogP contribution in [0.25, 0.3) is 0 Å². The molecule has 8 heteroatoms. The summed E-state index contributed by atoms with van der Waals surface area (Å²) in [5.41, 5.74) is 3.27.